The van der Waals surface area contributed by atoms with E-state index in [2.05, 4.69) is 36.0 Å². The number of carbonyl (C=O) groups is 2. The van der Waals surface area contributed by atoms with Crippen molar-refractivity contribution >= 4 is 43.9 Å². The molecule has 2 N–H and O–H groups in total. The number of hydrogen-bond donors (Lipinski definition) is 2. The fourth-order valence-corrected chi connectivity index (χ4v) is 3.46. The van der Waals surface area contributed by atoms with Crippen molar-refractivity contribution in [3.8, 4) is 5.88 Å². The second kappa shape index (κ2) is 8.10. The Bertz CT molecular complexity index is 950. The topological polar surface area (TPSA) is 137 Å². The molecule has 1 aromatic carbocycles. The van der Waals surface area contributed by atoms with Crippen LogP contribution in [0, 0.1) is 0 Å². The van der Waals surface area contributed by atoms with Crippen molar-refractivity contribution < 1.29 is 27.5 Å². The molecule has 0 aliphatic rings. The fraction of sp³-hybridized carbons (Fsp3) is 0.143. The average molecular weight is 445 g/mol. The number of carbonyl (C=O) groups excluding carboxylic acids is 2. The number of benzene rings is 1. The van der Waals surface area contributed by atoms with Crippen molar-refractivity contribution in [1.29, 1.82) is 0 Å². The molecule has 0 saturated heterocycles. The zero-order valence-electron chi connectivity index (χ0n) is 13.5. The van der Waals surface area contributed by atoms with Gasteiger partial charge in [-0.25, -0.2) is 27.7 Å². The highest BCUT2D eigenvalue weighted by Crippen LogP contribution is 2.22. The number of esters is 1. The molecule has 1 heterocycles. The Morgan fingerprint density at radius 2 is 1.92 bits per heavy atom. The Morgan fingerprint density at radius 3 is 2.58 bits per heavy atom. The lowest BCUT2D eigenvalue weighted by Crippen LogP contribution is -2.35. The molecule has 0 atom stereocenters. The molecule has 2 rings (SSSR count). The van der Waals surface area contributed by atoms with Gasteiger partial charge < -0.3 is 9.47 Å². The van der Waals surface area contributed by atoms with E-state index in [4.69, 9.17) is 4.74 Å². The molecule has 1 aromatic heterocycles. The van der Waals surface area contributed by atoms with Crippen molar-refractivity contribution in [2.45, 2.75) is 4.90 Å². The summed E-state index contributed by atoms with van der Waals surface area (Å²) < 4.78 is 36.6. The maximum Gasteiger partial charge on any atom is 0.339 e. The van der Waals surface area contributed by atoms with Gasteiger partial charge >= 0.3 is 12.0 Å². The van der Waals surface area contributed by atoms with Gasteiger partial charge in [-0.2, -0.15) is 4.98 Å². The Labute approximate surface area is 157 Å². The number of anilines is 1. The summed E-state index contributed by atoms with van der Waals surface area (Å²) in [5, 5.41) is 2.16. The van der Waals surface area contributed by atoms with Crippen molar-refractivity contribution in [3.05, 3.63) is 40.5 Å². The Kier molecular flexibility index (Phi) is 6.10. The Hall–Kier alpha value is -2.73. The van der Waals surface area contributed by atoms with Gasteiger partial charge in [-0.3, -0.25) is 5.32 Å². The molecule has 0 radical (unpaired) electrons. The number of methoxy groups -OCH3 is 2. The number of sulfonamides is 1. The van der Waals surface area contributed by atoms with E-state index in [0.29, 0.717) is 4.47 Å². The third kappa shape index (κ3) is 4.67. The molecule has 0 unspecified atom stereocenters. The number of urea groups is 1. The molecule has 0 spiro atoms. The zero-order valence-corrected chi connectivity index (χ0v) is 15.9. The minimum absolute atomic E-state index is 0.167. The standard InChI is InChI=1S/C14H13BrN4O6S/c1-24-11-5-6-16-13(17-11)18-14(21)19-26(22,23)10-7-8(15)3-4-9(10)12(20)25-2/h3-7H,1-2H3,(H2,16,17,18,19,21). The quantitative estimate of drug-likeness (QED) is 0.662. The van der Waals surface area contributed by atoms with Gasteiger partial charge in [0.05, 0.1) is 19.8 Å². The lowest BCUT2D eigenvalue weighted by atomic mass is 10.2. The SMILES string of the molecule is COC(=O)c1ccc(Br)cc1S(=O)(=O)NC(=O)Nc1nccc(OC)n1. The predicted molar refractivity (Wildman–Crippen MR) is 93.4 cm³/mol. The molecule has 138 valence electrons. The van der Waals surface area contributed by atoms with Crippen LogP contribution in [0.15, 0.2) is 39.8 Å². The van der Waals surface area contributed by atoms with Gasteiger partial charge in [0.1, 0.15) is 4.90 Å². The van der Waals surface area contributed by atoms with Crippen LogP contribution in [-0.4, -0.2) is 44.6 Å². The molecule has 12 heteroatoms. The molecule has 2 amide bonds. The zero-order chi connectivity index (χ0) is 19.3. The summed E-state index contributed by atoms with van der Waals surface area (Å²) in [6, 6.07) is 4.23. The van der Waals surface area contributed by atoms with E-state index >= 15 is 0 Å². The van der Waals surface area contributed by atoms with Crippen LogP contribution in [0.4, 0.5) is 10.7 Å². The lowest BCUT2D eigenvalue weighted by Gasteiger charge is -2.11. The van der Waals surface area contributed by atoms with Gasteiger partial charge in [-0.1, -0.05) is 15.9 Å². The van der Waals surface area contributed by atoms with Crippen LogP contribution in [0.25, 0.3) is 0 Å². The molecular weight excluding hydrogens is 432 g/mol. The molecule has 0 aliphatic carbocycles. The van der Waals surface area contributed by atoms with Gasteiger partial charge in [0.2, 0.25) is 11.8 Å². The van der Waals surface area contributed by atoms with E-state index in [1.54, 1.807) is 4.72 Å². The largest absolute Gasteiger partial charge is 0.481 e. The molecule has 2 aromatic rings. The monoisotopic (exact) mass is 444 g/mol. The first kappa shape index (κ1) is 19.6. The molecular formula is C14H13BrN4O6S. The summed E-state index contributed by atoms with van der Waals surface area (Å²) in [5.41, 5.74) is -0.228. The van der Waals surface area contributed by atoms with E-state index in [9.17, 15) is 18.0 Å². The van der Waals surface area contributed by atoms with Crippen molar-refractivity contribution in [3.63, 3.8) is 0 Å². The van der Waals surface area contributed by atoms with E-state index in [-0.39, 0.29) is 17.4 Å². The second-order valence-electron chi connectivity index (χ2n) is 4.61. The number of rotatable bonds is 5. The van der Waals surface area contributed by atoms with Crippen LogP contribution in [-0.2, 0) is 14.8 Å². The molecule has 26 heavy (non-hydrogen) atoms. The first-order valence-corrected chi connectivity index (χ1v) is 9.13. The summed E-state index contributed by atoms with van der Waals surface area (Å²) in [7, 11) is -1.90. The van der Waals surface area contributed by atoms with Crippen molar-refractivity contribution in [2.75, 3.05) is 19.5 Å². The van der Waals surface area contributed by atoms with Crippen LogP contribution < -0.4 is 14.8 Å². The number of halogens is 1. The first-order valence-electron chi connectivity index (χ1n) is 6.85. The number of amides is 2. The van der Waals surface area contributed by atoms with Crippen LogP contribution in [0.1, 0.15) is 10.4 Å². The highest BCUT2D eigenvalue weighted by molar-refractivity contribution is 9.10. The highest BCUT2D eigenvalue weighted by Gasteiger charge is 2.25. The third-order valence-corrected chi connectivity index (χ3v) is 4.79. The first-order chi connectivity index (χ1) is 12.3. The molecule has 0 bridgehead atoms. The van der Waals surface area contributed by atoms with Crippen LogP contribution in [0.5, 0.6) is 5.88 Å². The lowest BCUT2D eigenvalue weighted by molar-refractivity contribution is 0.0596. The second-order valence-corrected chi connectivity index (χ2v) is 7.18. The number of aromatic nitrogens is 2. The van der Waals surface area contributed by atoms with Gasteiger partial charge in [0, 0.05) is 16.7 Å². The van der Waals surface area contributed by atoms with Crippen LogP contribution in [0.3, 0.4) is 0 Å². The van der Waals surface area contributed by atoms with Crippen LogP contribution in [0.2, 0.25) is 0 Å². The normalized spacial score (nSPS) is 10.7. The summed E-state index contributed by atoms with van der Waals surface area (Å²) in [5.74, 6) is -0.855. The number of ether oxygens (including phenoxy) is 2. The van der Waals surface area contributed by atoms with E-state index in [1.807, 2.05) is 0 Å². The molecule has 0 fully saturated rings. The number of nitrogens with one attached hydrogen (secondary N) is 2. The van der Waals surface area contributed by atoms with Crippen molar-refractivity contribution in [1.82, 2.24) is 14.7 Å². The maximum atomic E-state index is 12.5. The van der Waals surface area contributed by atoms with Crippen molar-refractivity contribution in [2.24, 2.45) is 0 Å². The highest BCUT2D eigenvalue weighted by atomic mass is 79.9. The third-order valence-electron chi connectivity index (χ3n) is 2.93. The minimum atomic E-state index is -4.38. The Morgan fingerprint density at radius 1 is 1.19 bits per heavy atom. The average Bonchev–Trinajstić information content (AvgIpc) is 2.60. The van der Waals surface area contributed by atoms with E-state index in [1.165, 1.54) is 37.6 Å². The van der Waals surface area contributed by atoms with Gasteiger partial charge in [0.25, 0.3) is 10.0 Å². The number of hydrogen-bond acceptors (Lipinski definition) is 8. The number of nitrogens with zero attached hydrogens (tertiary/aromatic N) is 2. The van der Waals surface area contributed by atoms with E-state index in [0.717, 1.165) is 7.11 Å². The molecule has 0 aliphatic heterocycles. The van der Waals surface area contributed by atoms with Gasteiger partial charge in [-0.15, -0.1) is 0 Å². The molecule has 0 saturated carbocycles. The summed E-state index contributed by atoms with van der Waals surface area (Å²) in [4.78, 5) is 30.9. The predicted octanol–water partition coefficient (Wildman–Crippen LogP) is 1.54. The van der Waals surface area contributed by atoms with Gasteiger partial charge in [0.15, 0.2) is 0 Å². The van der Waals surface area contributed by atoms with E-state index < -0.39 is 26.9 Å². The fourth-order valence-electron chi connectivity index (χ4n) is 1.82. The van der Waals surface area contributed by atoms with Crippen LogP contribution >= 0.6 is 15.9 Å². The summed E-state index contributed by atoms with van der Waals surface area (Å²) >= 11 is 3.12. The van der Waals surface area contributed by atoms with Gasteiger partial charge in [-0.05, 0) is 18.2 Å². The summed E-state index contributed by atoms with van der Waals surface area (Å²) in [6.07, 6.45) is 1.32. The molecule has 10 nitrogen and oxygen atoms in total. The smallest absolute Gasteiger partial charge is 0.339 e. The minimum Gasteiger partial charge on any atom is -0.481 e. The maximum absolute atomic E-state index is 12.5. The Balaban J connectivity index is 2.26. The summed E-state index contributed by atoms with van der Waals surface area (Å²) in [6.45, 7) is 0.